The molecular weight excluding hydrogens is 251 g/mol. The average Bonchev–Trinajstić information content (AvgIpc) is 2.07. The summed E-state index contributed by atoms with van der Waals surface area (Å²) in [4.78, 5) is 3.99. The molecule has 0 saturated heterocycles. The van der Waals surface area contributed by atoms with Crippen molar-refractivity contribution in [3.63, 3.8) is 0 Å². The summed E-state index contributed by atoms with van der Waals surface area (Å²) in [5.74, 6) is 0.501. The minimum absolute atomic E-state index is 0.501. The standard InChI is InChI=1S/C9H6BrClN2/c10-5-3-7-6(8(11)4-5)1-2-13-9(7)12/h1-4H,(H2,12,13). The Labute approximate surface area is 88.8 Å². The number of nitrogens with zero attached hydrogens (tertiary/aromatic N) is 1. The second-order valence-corrected chi connectivity index (χ2v) is 4.00. The minimum atomic E-state index is 0.501. The van der Waals surface area contributed by atoms with Crippen LogP contribution in [0.15, 0.2) is 28.9 Å². The van der Waals surface area contributed by atoms with E-state index in [0.717, 1.165) is 15.2 Å². The zero-order valence-electron chi connectivity index (χ0n) is 6.59. The summed E-state index contributed by atoms with van der Waals surface area (Å²) in [6, 6.07) is 5.59. The number of fused-ring (bicyclic) bond motifs is 1. The fraction of sp³-hybridized carbons (Fsp3) is 0. The molecule has 0 unspecified atom stereocenters. The fourth-order valence-electron chi connectivity index (χ4n) is 1.23. The highest BCUT2D eigenvalue weighted by Gasteiger charge is 2.03. The summed E-state index contributed by atoms with van der Waals surface area (Å²) in [7, 11) is 0. The molecule has 0 amide bonds. The third-order valence-electron chi connectivity index (χ3n) is 1.83. The Morgan fingerprint density at radius 3 is 2.85 bits per heavy atom. The predicted molar refractivity (Wildman–Crippen MR) is 58.9 cm³/mol. The summed E-state index contributed by atoms with van der Waals surface area (Å²) >= 11 is 9.37. The average molecular weight is 258 g/mol. The number of anilines is 1. The second-order valence-electron chi connectivity index (χ2n) is 2.68. The highest BCUT2D eigenvalue weighted by molar-refractivity contribution is 9.10. The smallest absolute Gasteiger partial charge is 0.131 e. The minimum Gasteiger partial charge on any atom is -0.383 e. The molecule has 0 saturated carbocycles. The molecule has 0 aliphatic heterocycles. The largest absolute Gasteiger partial charge is 0.383 e. The first-order chi connectivity index (χ1) is 6.18. The van der Waals surface area contributed by atoms with Gasteiger partial charge < -0.3 is 5.73 Å². The van der Waals surface area contributed by atoms with Crippen LogP contribution in [0.25, 0.3) is 10.8 Å². The Morgan fingerprint density at radius 2 is 2.08 bits per heavy atom. The molecule has 2 rings (SSSR count). The Morgan fingerprint density at radius 1 is 1.31 bits per heavy atom. The van der Waals surface area contributed by atoms with Crippen molar-refractivity contribution in [3.05, 3.63) is 33.9 Å². The number of nitrogens with two attached hydrogens (primary N) is 1. The van der Waals surface area contributed by atoms with E-state index < -0.39 is 0 Å². The number of benzene rings is 1. The lowest BCUT2D eigenvalue weighted by Gasteiger charge is -2.03. The monoisotopic (exact) mass is 256 g/mol. The van der Waals surface area contributed by atoms with Crippen molar-refractivity contribution >= 4 is 44.1 Å². The van der Waals surface area contributed by atoms with Crippen molar-refractivity contribution in [2.75, 3.05) is 5.73 Å². The van der Waals surface area contributed by atoms with Gasteiger partial charge >= 0.3 is 0 Å². The zero-order chi connectivity index (χ0) is 9.42. The maximum atomic E-state index is 6.02. The van der Waals surface area contributed by atoms with E-state index >= 15 is 0 Å². The van der Waals surface area contributed by atoms with Gasteiger partial charge in [-0.2, -0.15) is 0 Å². The van der Waals surface area contributed by atoms with Crippen molar-refractivity contribution in [2.45, 2.75) is 0 Å². The molecule has 0 aliphatic rings. The van der Waals surface area contributed by atoms with E-state index in [4.69, 9.17) is 17.3 Å². The lowest BCUT2D eigenvalue weighted by Crippen LogP contribution is -1.90. The molecule has 2 aromatic rings. The molecule has 0 bridgehead atoms. The number of hydrogen-bond donors (Lipinski definition) is 1. The van der Waals surface area contributed by atoms with E-state index in [1.165, 1.54) is 0 Å². The summed E-state index contributed by atoms with van der Waals surface area (Å²) in [5, 5.41) is 2.48. The molecule has 4 heteroatoms. The van der Waals surface area contributed by atoms with Crippen LogP contribution in [-0.4, -0.2) is 4.98 Å². The van der Waals surface area contributed by atoms with Gasteiger partial charge in [0.1, 0.15) is 5.82 Å². The van der Waals surface area contributed by atoms with E-state index in [9.17, 15) is 0 Å². The first-order valence-electron chi connectivity index (χ1n) is 3.68. The van der Waals surface area contributed by atoms with Gasteiger partial charge in [0, 0.05) is 26.5 Å². The molecule has 1 aromatic heterocycles. The third kappa shape index (κ3) is 1.49. The highest BCUT2D eigenvalue weighted by atomic mass is 79.9. The molecule has 0 aliphatic carbocycles. The lowest BCUT2D eigenvalue weighted by atomic mass is 10.1. The van der Waals surface area contributed by atoms with Gasteiger partial charge in [-0.15, -0.1) is 0 Å². The van der Waals surface area contributed by atoms with Crippen LogP contribution in [0.4, 0.5) is 5.82 Å². The maximum Gasteiger partial charge on any atom is 0.131 e. The van der Waals surface area contributed by atoms with Gasteiger partial charge in [-0.05, 0) is 18.2 Å². The van der Waals surface area contributed by atoms with Crippen LogP contribution >= 0.6 is 27.5 Å². The fourth-order valence-corrected chi connectivity index (χ4v) is 2.10. The van der Waals surface area contributed by atoms with Crippen molar-refractivity contribution < 1.29 is 0 Å². The Kier molecular flexibility index (Phi) is 2.14. The quantitative estimate of drug-likeness (QED) is 0.787. The normalized spacial score (nSPS) is 10.6. The van der Waals surface area contributed by atoms with Gasteiger partial charge in [-0.3, -0.25) is 0 Å². The van der Waals surface area contributed by atoms with Crippen molar-refractivity contribution in [1.29, 1.82) is 0 Å². The van der Waals surface area contributed by atoms with Crippen LogP contribution in [0, 0.1) is 0 Å². The van der Waals surface area contributed by atoms with E-state index in [2.05, 4.69) is 20.9 Å². The van der Waals surface area contributed by atoms with Crippen LogP contribution < -0.4 is 5.73 Å². The second kappa shape index (κ2) is 3.16. The van der Waals surface area contributed by atoms with Gasteiger partial charge in [0.05, 0.1) is 0 Å². The number of pyridine rings is 1. The predicted octanol–water partition coefficient (Wildman–Crippen LogP) is 3.23. The number of hydrogen-bond acceptors (Lipinski definition) is 2. The van der Waals surface area contributed by atoms with Crippen molar-refractivity contribution in [2.24, 2.45) is 0 Å². The molecular formula is C9H6BrClN2. The lowest BCUT2D eigenvalue weighted by molar-refractivity contribution is 1.37. The van der Waals surface area contributed by atoms with E-state index in [-0.39, 0.29) is 0 Å². The number of rotatable bonds is 0. The maximum absolute atomic E-state index is 6.02. The van der Waals surface area contributed by atoms with Gasteiger partial charge in [0.2, 0.25) is 0 Å². The molecule has 0 radical (unpaired) electrons. The summed E-state index contributed by atoms with van der Waals surface area (Å²) in [5.41, 5.74) is 5.70. The summed E-state index contributed by atoms with van der Waals surface area (Å²) < 4.78 is 0.907. The number of aromatic nitrogens is 1. The molecule has 2 N–H and O–H groups in total. The Balaban J connectivity index is 2.94. The summed E-state index contributed by atoms with van der Waals surface area (Å²) in [6.45, 7) is 0. The molecule has 13 heavy (non-hydrogen) atoms. The molecule has 2 nitrogen and oxygen atoms in total. The van der Waals surface area contributed by atoms with Gasteiger partial charge in [0.15, 0.2) is 0 Å². The van der Waals surface area contributed by atoms with Crippen LogP contribution in [0.2, 0.25) is 5.02 Å². The molecule has 0 atom stereocenters. The SMILES string of the molecule is Nc1nccc2c(Cl)cc(Br)cc12. The molecule has 0 spiro atoms. The number of halogens is 2. The van der Waals surface area contributed by atoms with E-state index in [0.29, 0.717) is 10.8 Å². The first kappa shape index (κ1) is 8.78. The molecule has 66 valence electrons. The number of nitrogen functional groups attached to an aromatic ring is 1. The van der Waals surface area contributed by atoms with Crippen LogP contribution in [0.1, 0.15) is 0 Å². The van der Waals surface area contributed by atoms with Crippen molar-refractivity contribution in [1.82, 2.24) is 4.98 Å². The van der Waals surface area contributed by atoms with Gasteiger partial charge in [-0.25, -0.2) is 4.98 Å². The van der Waals surface area contributed by atoms with Crippen LogP contribution in [0.3, 0.4) is 0 Å². The molecule has 1 aromatic carbocycles. The van der Waals surface area contributed by atoms with E-state index in [1.54, 1.807) is 6.20 Å². The van der Waals surface area contributed by atoms with Gasteiger partial charge in [0.25, 0.3) is 0 Å². The van der Waals surface area contributed by atoms with Crippen LogP contribution in [-0.2, 0) is 0 Å². The molecule has 1 heterocycles. The third-order valence-corrected chi connectivity index (χ3v) is 2.60. The first-order valence-corrected chi connectivity index (χ1v) is 4.85. The molecule has 0 fully saturated rings. The zero-order valence-corrected chi connectivity index (χ0v) is 8.93. The van der Waals surface area contributed by atoms with Crippen LogP contribution in [0.5, 0.6) is 0 Å². The van der Waals surface area contributed by atoms with Crippen molar-refractivity contribution in [3.8, 4) is 0 Å². The Bertz CT molecular complexity index is 470. The van der Waals surface area contributed by atoms with E-state index in [1.807, 2.05) is 18.2 Å². The highest BCUT2D eigenvalue weighted by Crippen LogP contribution is 2.29. The van der Waals surface area contributed by atoms with Gasteiger partial charge in [-0.1, -0.05) is 27.5 Å². The topological polar surface area (TPSA) is 38.9 Å². The Hall–Kier alpha value is -0.800. The summed E-state index contributed by atoms with van der Waals surface area (Å²) in [6.07, 6.45) is 1.65.